The van der Waals surface area contributed by atoms with Crippen LogP contribution in [0.4, 0.5) is 22.1 Å². The highest BCUT2D eigenvalue weighted by molar-refractivity contribution is 7.82. The number of benzene rings is 1. The largest absolute Gasteiger partial charge is 0.497 e. The van der Waals surface area contributed by atoms with E-state index in [1.54, 1.807) is 38.6 Å². The Morgan fingerprint density at radius 1 is 1.14 bits per heavy atom. The van der Waals surface area contributed by atoms with Gasteiger partial charge in [-0.15, -0.1) is 0 Å². The van der Waals surface area contributed by atoms with Crippen molar-refractivity contribution in [2.45, 2.75) is 6.92 Å². The summed E-state index contributed by atoms with van der Waals surface area (Å²) >= 11 is 4.19. The van der Waals surface area contributed by atoms with Crippen LogP contribution in [0, 0.1) is 0 Å². The summed E-state index contributed by atoms with van der Waals surface area (Å²) in [6.45, 7) is 2.31. The number of amides is 2. The van der Waals surface area contributed by atoms with E-state index in [0.29, 0.717) is 40.8 Å². The van der Waals surface area contributed by atoms with Gasteiger partial charge in [-0.1, -0.05) is 12.8 Å². The second-order valence-electron chi connectivity index (χ2n) is 5.64. The van der Waals surface area contributed by atoms with E-state index in [4.69, 9.17) is 9.47 Å². The van der Waals surface area contributed by atoms with Gasteiger partial charge in [-0.25, -0.2) is 24.1 Å². The lowest BCUT2D eigenvalue weighted by Crippen LogP contribution is -2.34. The number of aromatic nitrogens is 3. The van der Waals surface area contributed by atoms with Crippen molar-refractivity contribution in [1.29, 1.82) is 0 Å². The molecule has 1 aromatic carbocycles. The first kappa shape index (κ1) is 19.5. The normalized spacial score (nSPS) is 10.4. The van der Waals surface area contributed by atoms with Gasteiger partial charge in [-0.05, 0) is 19.1 Å². The second-order valence-corrected chi connectivity index (χ2v) is 6.04. The molecule has 2 amide bonds. The average molecular weight is 400 g/mol. The molecule has 2 aromatic heterocycles. The van der Waals surface area contributed by atoms with Crippen molar-refractivity contribution in [2.24, 2.45) is 0 Å². The number of methoxy groups -OCH3 is 2. The summed E-state index contributed by atoms with van der Waals surface area (Å²) in [6.07, 6.45) is 1.60. The summed E-state index contributed by atoms with van der Waals surface area (Å²) < 4.78 is 11.7. The van der Waals surface area contributed by atoms with Gasteiger partial charge < -0.3 is 20.1 Å². The molecule has 146 valence electrons. The van der Waals surface area contributed by atoms with Crippen LogP contribution in [0.5, 0.6) is 11.5 Å². The zero-order valence-electron chi connectivity index (χ0n) is 15.6. The number of hydrogen-bond donors (Lipinski definition) is 3. The van der Waals surface area contributed by atoms with Crippen molar-refractivity contribution < 1.29 is 14.3 Å². The van der Waals surface area contributed by atoms with E-state index >= 15 is 0 Å². The molecule has 0 bridgehead atoms. The predicted molar refractivity (Wildman–Crippen MR) is 111 cm³/mol. The van der Waals surface area contributed by atoms with E-state index in [-0.39, 0.29) is 6.03 Å². The molecule has 0 spiro atoms. The Kier molecular flexibility index (Phi) is 5.99. The van der Waals surface area contributed by atoms with E-state index in [2.05, 4.69) is 38.4 Å². The van der Waals surface area contributed by atoms with Crippen LogP contribution in [0.3, 0.4) is 0 Å². The average Bonchev–Trinajstić information content (AvgIpc) is 2.72. The van der Waals surface area contributed by atoms with Gasteiger partial charge in [0.15, 0.2) is 11.5 Å². The number of thiol groups is 1. The Bertz CT molecular complexity index is 978. The maximum absolute atomic E-state index is 11.9. The highest BCUT2D eigenvalue weighted by Gasteiger charge is 2.14. The molecule has 0 atom stereocenters. The molecule has 10 heteroatoms. The van der Waals surface area contributed by atoms with Crippen molar-refractivity contribution in [3.63, 3.8) is 0 Å². The number of urea groups is 1. The quantitative estimate of drug-likeness (QED) is 0.546. The van der Waals surface area contributed by atoms with Crippen molar-refractivity contribution in [2.75, 3.05) is 30.4 Å². The van der Waals surface area contributed by atoms with Gasteiger partial charge in [0, 0.05) is 30.4 Å². The van der Waals surface area contributed by atoms with Gasteiger partial charge in [0.1, 0.15) is 22.8 Å². The van der Waals surface area contributed by atoms with Gasteiger partial charge in [0.25, 0.3) is 0 Å². The van der Waals surface area contributed by atoms with Gasteiger partial charge in [0.05, 0.1) is 20.4 Å². The van der Waals surface area contributed by atoms with Gasteiger partial charge >= 0.3 is 6.03 Å². The fourth-order valence-electron chi connectivity index (χ4n) is 2.42. The van der Waals surface area contributed by atoms with Crippen LogP contribution in [0.2, 0.25) is 0 Å². The Morgan fingerprint density at radius 3 is 2.50 bits per heavy atom. The van der Waals surface area contributed by atoms with Crippen LogP contribution in [-0.2, 0) is 0 Å². The lowest BCUT2D eigenvalue weighted by atomic mass is 10.2. The number of pyridine rings is 1. The molecule has 0 unspecified atom stereocenters. The summed E-state index contributed by atoms with van der Waals surface area (Å²) in [5.74, 6) is 2.11. The van der Waals surface area contributed by atoms with Crippen molar-refractivity contribution in [3.8, 4) is 11.5 Å². The first-order chi connectivity index (χ1) is 13.5. The highest BCUT2D eigenvalue weighted by atomic mass is 32.1. The number of carbonyl (C=O) groups is 1. The predicted octanol–water partition coefficient (Wildman–Crippen LogP) is 3.17. The maximum Gasteiger partial charge on any atom is 0.333 e. The second kappa shape index (κ2) is 8.61. The molecule has 3 aromatic rings. The van der Waals surface area contributed by atoms with Crippen LogP contribution < -0.4 is 24.4 Å². The molecule has 0 aliphatic heterocycles. The van der Waals surface area contributed by atoms with Crippen molar-refractivity contribution >= 4 is 47.3 Å². The topological polar surface area (TPSA) is 102 Å². The molecule has 2 N–H and O–H groups in total. The summed E-state index contributed by atoms with van der Waals surface area (Å²) in [7, 11) is 3.16. The fourth-order valence-corrected chi connectivity index (χ4v) is 2.61. The van der Waals surface area contributed by atoms with E-state index < -0.39 is 0 Å². The number of anilines is 3. The Morgan fingerprint density at radius 2 is 1.86 bits per heavy atom. The maximum atomic E-state index is 11.9. The smallest absolute Gasteiger partial charge is 0.333 e. The van der Waals surface area contributed by atoms with Gasteiger partial charge in [-0.2, -0.15) is 0 Å². The highest BCUT2D eigenvalue weighted by Crippen LogP contribution is 2.28. The van der Waals surface area contributed by atoms with Crippen LogP contribution >= 0.6 is 12.8 Å². The molecule has 9 nitrogen and oxygen atoms in total. The first-order valence-electron chi connectivity index (χ1n) is 8.44. The minimum atomic E-state index is -0.372. The third-order valence-electron chi connectivity index (χ3n) is 3.75. The Balaban J connectivity index is 1.90. The van der Waals surface area contributed by atoms with Crippen LogP contribution in [0.1, 0.15) is 6.92 Å². The van der Waals surface area contributed by atoms with Crippen LogP contribution in [0.25, 0.3) is 11.2 Å². The van der Waals surface area contributed by atoms with Crippen molar-refractivity contribution in [1.82, 2.24) is 20.3 Å². The van der Waals surface area contributed by atoms with Crippen LogP contribution in [-0.4, -0.2) is 41.7 Å². The van der Waals surface area contributed by atoms with Gasteiger partial charge in [-0.3, -0.25) is 0 Å². The Hall–Kier alpha value is -3.27. The lowest BCUT2D eigenvalue weighted by molar-refractivity contribution is 0.250. The molecule has 28 heavy (non-hydrogen) atoms. The number of carbonyl (C=O) groups excluding carboxylic acids is 1. The number of nitrogens with one attached hydrogen (secondary N) is 2. The van der Waals surface area contributed by atoms with Crippen LogP contribution in [0.15, 0.2) is 36.5 Å². The minimum Gasteiger partial charge on any atom is -0.497 e. The molecule has 0 saturated heterocycles. The van der Waals surface area contributed by atoms with E-state index in [9.17, 15) is 4.79 Å². The standard InChI is InChI=1S/C18H20N6O3S/c1-4-19-18(25)24(28)16-6-5-14-17(23-16)22-15(10-20-14)21-11-7-12(26-2)9-13(8-11)27-3/h5-10,28H,4H2,1-3H3,(H,19,25)(H,21,22,23). The summed E-state index contributed by atoms with van der Waals surface area (Å²) in [5, 5.41) is 5.81. The zero-order chi connectivity index (χ0) is 20.1. The molecule has 0 fully saturated rings. The van der Waals surface area contributed by atoms with Crippen molar-refractivity contribution in [3.05, 3.63) is 36.5 Å². The SMILES string of the molecule is CCNC(=O)N(S)c1ccc2ncc(Nc3cc(OC)cc(OC)c3)nc2n1. The molecule has 2 heterocycles. The number of ether oxygens (including phenoxy) is 2. The third-order valence-corrected chi connectivity index (χ3v) is 4.14. The molecule has 0 radical (unpaired) electrons. The Labute approximate surface area is 167 Å². The third kappa shape index (κ3) is 4.34. The molecular weight excluding hydrogens is 380 g/mol. The summed E-state index contributed by atoms with van der Waals surface area (Å²) in [5.41, 5.74) is 1.69. The lowest BCUT2D eigenvalue weighted by Gasteiger charge is -2.15. The first-order valence-corrected chi connectivity index (χ1v) is 8.84. The number of rotatable bonds is 6. The molecule has 0 aliphatic carbocycles. The van der Waals surface area contributed by atoms with E-state index in [0.717, 1.165) is 9.99 Å². The molecule has 0 saturated carbocycles. The summed E-state index contributed by atoms with van der Waals surface area (Å²) in [6, 6.07) is 8.40. The molecular formula is C18H20N6O3S. The van der Waals surface area contributed by atoms with E-state index in [1.165, 1.54) is 0 Å². The molecule has 3 rings (SSSR count). The molecule has 0 aliphatic rings. The minimum absolute atomic E-state index is 0.344. The fraction of sp³-hybridized carbons (Fsp3) is 0.222. The van der Waals surface area contributed by atoms with Gasteiger partial charge in [0.2, 0.25) is 0 Å². The summed E-state index contributed by atoms with van der Waals surface area (Å²) in [4.78, 5) is 25.1. The number of fused-ring (bicyclic) bond motifs is 1. The number of nitrogens with zero attached hydrogens (tertiary/aromatic N) is 4. The monoisotopic (exact) mass is 400 g/mol. The zero-order valence-corrected chi connectivity index (χ0v) is 16.5. The van der Waals surface area contributed by atoms with E-state index in [1.807, 2.05) is 19.1 Å². The number of hydrogen-bond acceptors (Lipinski definition) is 8.